The number of rotatable bonds is 6. The predicted octanol–water partition coefficient (Wildman–Crippen LogP) is 4.64. The minimum atomic E-state index is -0.360. The van der Waals surface area contributed by atoms with Crippen molar-refractivity contribution >= 4 is 29.4 Å². The number of halogens is 1. The Bertz CT molecular complexity index is 1200. The van der Waals surface area contributed by atoms with Gasteiger partial charge < -0.3 is 4.74 Å². The average Bonchev–Trinajstić information content (AvgIpc) is 3.09. The summed E-state index contributed by atoms with van der Waals surface area (Å²) >= 11 is 6.04. The molecular weight excluding hydrogens is 400 g/mol. The lowest BCUT2D eigenvalue weighted by molar-refractivity contribution is 0.0948. The maximum Gasteiger partial charge on any atom is 0.290 e. The van der Waals surface area contributed by atoms with Crippen LogP contribution in [0.4, 0.5) is 0 Å². The largest absolute Gasteiger partial charge is 0.489 e. The number of amides is 1. The Morgan fingerprint density at radius 1 is 1.13 bits per heavy atom. The molecule has 4 aromatic rings. The van der Waals surface area contributed by atoms with E-state index in [9.17, 15) is 4.79 Å². The van der Waals surface area contributed by atoms with Crippen molar-refractivity contribution in [1.82, 2.24) is 14.8 Å². The molecule has 0 fully saturated rings. The van der Waals surface area contributed by atoms with Crippen molar-refractivity contribution in [2.45, 2.75) is 13.5 Å². The Labute approximate surface area is 178 Å². The average molecular weight is 419 g/mol. The van der Waals surface area contributed by atoms with Crippen molar-refractivity contribution in [3.63, 3.8) is 0 Å². The predicted molar refractivity (Wildman–Crippen MR) is 117 cm³/mol. The zero-order chi connectivity index (χ0) is 20.9. The minimum Gasteiger partial charge on any atom is -0.489 e. The van der Waals surface area contributed by atoms with E-state index in [1.54, 1.807) is 35.9 Å². The molecule has 1 N–H and O–H groups in total. The Hall–Kier alpha value is -3.64. The van der Waals surface area contributed by atoms with Crippen LogP contribution in [0, 0.1) is 6.92 Å². The molecule has 0 radical (unpaired) electrons. The maximum absolute atomic E-state index is 12.6. The zero-order valence-electron chi connectivity index (χ0n) is 16.2. The van der Waals surface area contributed by atoms with Crippen molar-refractivity contribution in [2.75, 3.05) is 0 Å². The fourth-order valence-electron chi connectivity index (χ4n) is 3.02. The quantitative estimate of drug-likeness (QED) is 0.366. The van der Waals surface area contributed by atoms with Crippen LogP contribution in [0.25, 0.3) is 5.65 Å². The highest BCUT2D eigenvalue weighted by Crippen LogP contribution is 2.16. The fourth-order valence-corrected chi connectivity index (χ4v) is 3.18. The normalized spacial score (nSPS) is 11.1. The number of hydrazone groups is 1. The second-order valence-corrected chi connectivity index (χ2v) is 7.10. The smallest absolute Gasteiger partial charge is 0.290 e. The van der Waals surface area contributed by atoms with E-state index >= 15 is 0 Å². The molecule has 2 aromatic heterocycles. The second-order valence-electron chi connectivity index (χ2n) is 6.66. The zero-order valence-corrected chi connectivity index (χ0v) is 17.0. The summed E-state index contributed by atoms with van der Waals surface area (Å²) in [5, 5.41) is 4.57. The lowest BCUT2D eigenvalue weighted by atomic mass is 10.2. The van der Waals surface area contributed by atoms with Crippen LogP contribution in [0.15, 0.2) is 78.0 Å². The number of pyridine rings is 1. The highest BCUT2D eigenvalue weighted by atomic mass is 35.5. The van der Waals surface area contributed by atoms with Crippen LogP contribution in [0.3, 0.4) is 0 Å². The van der Waals surface area contributed by atoms with Crippen LogP contribution in [0.5, 0.6) is 5.75 Å². The van der Waals surface area contributed by atoms with Crippen molar-refractivity contribution in [1.29, 1.82) is 0 Å². The van der Waals surface area contributed by atoms with Crippen LogP contribution in [0.2, 0.25) is 5.02 Å². The van der Waals surface area contributed by atoms with E-state index in [2.05, 4.69) is 15.5 Å². The van der Waals surface area contributed by atoms with Crippen molar-refractivity contribution < 1.29 is 9.53 Å². The molecule has 0 bridgehead atoms. The third-order valence-corrected chi connectivity index (χ3v) is 4.70. The Morgan fingerprint density at radius 3 is 2.67 bits per heavy atom. The number of hydrogen-bond donors (Lipinski definition) is 1. The van der Waals surface area contributed by atoms with E-state index in [0.29, 0.717) is 28.7 Å². The number of ether oxygens (including phenoxy) is 1. The molecule has 150 valence electrons. The Balaban J connectivity index is 1.38. The number of imidazole rings is 1. The van der Waals surface area contributed by atoms with Gasteiger partial charge in [-0.25, -0.2) is 10.4 Å². The van der Waals surface area contributed by atoms with Gasteiger partial charge in [0.05, 0.1) is 16.9 Å². The molecule has 4 rings (SSSR count). The van der Waals surface area contributed by atoms with Gasteiger partial charge in [-0.1, -0.05) is 41.9 Å². The molecule has 6 nitrogen and oxygen atoms in total. The molecule has 7 heteroatoms. The lowest BCUT2D eigenvalue weighted by Crippen LogP contribution is -2.20. The number of aryl methyl sites for hydroxylation is 1. The van der Waals surface area contributed by atoms with Gasteiger partial charge in [-0.2, -0.15) is 5.10 Å². The number of nitrogens with one attached hydrogen (secondary N) is 1. The first-order chi connectivity index (χ1) is 14.6. The maximum atomic E-state index is 12.6. The number of hydrogen-bond acceptors (Lipinski definition) is 4. The molecule has 0 saturated heterocycles. The Morgan fingerprint density at radius 2 is 1.90 bits per heavy atom. The van der Waals surface area contributed by atoms with Crippen LogP contribution >= 0.6 is 11.6 Å². The summed E-state index contributed by atoms with van der Waals surface area (Å²) in [4.78, 5) is 16.9. The summed E-state index contributed by atoms with van der Waals surface area (Å²) in [5.41, 5.74) is 6.13. The summed E-state index contributed by atoms with van der Waals surface area (Å²) in [7, 11) is 0. The summed E-state index contributed by atoms with van der Waals surface area (Å²) in [6.45, 7) is 2.28. The van der Waals surface area contributed by atoms with E-state index in [4.69, 9.17) is 16.3 Å². The molecule has 0 unspecified atom stereocenters. The van der Waals surface area contributed by atoms with Crippen molar-refractivity contribution in [3.8, 4) is 5.75 Å². The first kappa shape index (κ1) is 19.7. The summed E-state index contributed by atoms with van der Waals surface area (Å²) < 4.78 is 7.42. The number of fused-ring (bicyclic) bond motifs is 1. The van der Waals surface area contributed by atoms with E-state index < -0.39 is 0 Å². The van der Waals surface area contributed by atoms with Crippen LogP contribution in [0.1, 0.15) is 27.3 Å². The Kier molecular flexibility index (Phi) is 5.77. The standard InChI is InChI=1S/C23H19ClN4O2/c1-16-22(28-14-19(24)9-12-21(28)26-16)23(29)27-25-13-17-7-10-20(11-8-17)30-15-18-5-3-2-4-6-18/h2-14H,15H2,1H3,(H,27,29)/b25-13+. The molecule has 0 spiro atoms. The van der Waals surface area contributed by atoms with Gasteiger partial charge in [0.1, 0.15) is 23.7 Å². The van der Waals surface area contributed by atoms with Gasteiger partial charge in [-0.3, -0.25) is 9.20 Å². The van der Waals surface area contributed by atoms with Crippen molar-refractivity contribution in [3.05, 3.63) is 100 Å². The number of carbonyl (C=O) groups excluding carboxylic acids is 1. The van der Waals surface area contributed by atoms with Crippen LogP contribution in [-0.2, 0) is 6.61 Å². The highest BCUT2D eigenvalue weighted by molar-refractivity contribution is 6.30. The molecule has 0 aliphatic heterocycles. The number of carbonyl (C=O) groups is 1. The van der Waals surface area contributed by atoms with E-state index in [0.717, 1.165) is 16.9 Å². The molecule has 2 heterocycles. The van der Waals surface area contributed by atoms with Crippen LogP contribution in [-0.4, -0.2) is 21.5 Å². The summed E-state index contributed by atoms with van der Waals surface area (Å²) in [6.07, 6.45) is 3.23. The summed E-state index contributed by atoms with van der Waals surface area (Å²) in [5.74, 6) is 0.402. The van der Waals surface area contributed by atoms with Gasteiger partial charge in [0.2, 0.25) is 0 Å². The molecule has 0 atom stereocenters. The van der Waals surface area contributed by atoms with Crippen molar-refractivity contribution in [2.24, 2.45) is 5.10 Å². The molecule has 0 saturated carbocycles. The fraction of sp³-hybridized carbons (Fsp3) is 0.0870. The third-order valence-electron chi connectivity index (χ3n) is 4.48. The first-order valence-electron chi connectivity index (χ1n) is 9.34. The first-order valence-corrected chi connectivity index (χ1v) is 9.72. The van der Waals surface area contributed by atoms with Gasteiger partial charge in [0.15, 0.2) is 0 Å². The lowest BCUT2D eigenvalue weighted by Gasteiger charge is -2.06. The minimum absolute atomic E-state index is 0.360. The van der Waals surface area contributed by atoms with Gasteiger partial charge in [-0.15, -0.1) is 0 Å². The topological polar surface area (TPSA) is 68.0 Å². The SMILES string of the molecule is Cc1nc2ccc(Cl)cn2c1C(=O)N/N=C/c1ccc(OCc2ccccc2)cc1. The number of nitrogens with zero attached hydrogens (tertiary/aromatic N) is 3. The third kappa shape index (κ3) is 4.50. The van der Waals surface area contributed by atoms with Gasteiger partial charge >= 0.3 is 0 Å². The van der Waals surface area contributed by atoms with E-state index in [1.165, 1.54) is 0 Å². The molecule has 2 aromatic carbocycles. The van der Waals surface area contributed by atoms with E-state index in [-0.39, 0.29) is 5.91 Å². The molecule has 30 heavy (non-hydrogen) atoms. The van der Waals surface area contributed by atoms with Gasteiger partial charge in [0.25, 0.3) is 5.91 Å². The molecule has 0 aliphatic carbocycles. The van der Waals surface area contributed by atoms with E-state index in [1.807, 2.05) is 54.6 Å². The second kappa shape index (κ2) is 8.80. The monoisotopic (exact) mass is 418 g/mol. The molecule has 0 aliphatic rings. The van der Waals surface area contributed by atoms with Gasteiger partial charge in [0, 0.05) is 6.20 Å². The molecule has 1 amide bonds. The van der Waals surface area contributed by atoms with Crippen LogP contribution < -0.4 is 10.2 Å². The molecular formula is C23H19ClN4O2. The number of aromatic nitrogens is 2. The highest BCUT2D eigenvalue weighted by Gasteiger charge is 2.16. The van der Waals surface area contributed by atoms with Gasteiger partial charge in [-0.05, 0) is 54.4 Å². The number of benzene rings is 2. The summed E-state index contributed by atoms with van der Waals surface area (Å²) in [6, 6.07) is 20.9.